The predicted molar refractivity (Wildman–Crippen MR) is 121 cm³/mol. The number of carbonyl (C=O) groups is 2. The minimum Gasteiger partial charge on any atom is -0.449 e. The molecule has 0 radical (unpaired) electrons. The van der Waals surface area contributed by atoms with Gasteiger partial charge in [-0.3, -0.25) is 4.79 Å². The summed E-state index contributed by atoms with van der Waals surface area (Å²) >= 11 is 0. The molecule has 2 aromatic carbocycles. The van der Waals surface area contributed by atoms with E-state index in [2.05, 4.69) is 26.1 Å². The molecule has 0 saturated heterocycles. The second kappa shape index (κ2) is 9.20. The highest BCUT2D eigenvalue weighted by Gasteiger charge is 2.22. The van der Waals surface area contributed by atoms with E-state index in [9.17, 15) is 18.0 Å². The topological polar surface area (TPSA) is 92.8 Å². The Labute approximate surface area is 184 Å². The summed E-state index contributed by atoms with van der Waals surface area (Å²) in [6, 6.07) is 11.6. The van der Waals surface area contributed by atoms with Crippen molar-refractivity contribution in [2.24, 2.45) is 0 Å². The molecule has 0 aliphatic heterocycles. The lowest BCUT2D eigenvalue weighted by atomic mass is 9.87. The Morgan fingerprint density at radius 1 is 1.03 bits per heavy atom. The average Bonchev–Trinajstić information content (AvgIpc) is 2.68. The summed E-state index contributed by atoms with van der Waals surface area (Å²) < 4.78 is 31.1. The van der Waals surface area contributed by atoms with E-state index in [4.69, 9.17) is 4.74 Å². The summed E-state index contributed by atoms with van der Waals surface area (Å²) in [5.74, 6) is -1.16. The number of hydrogen-bond acceptors (Lipinski definition) is 5. The van der Waals surface area contributed by atoms with E-state index in [-0.39, 0.29) is 10.3 Å². The third-order valence-corrected chi connectivity index (χ3v) is 6.70. The number of amides is 1. The molecule has 0 aromatic heterocycles. The molecule has 1 amide bonds. The van der Waals surface area contributed by atoms with E-state index < -0.39 is 28.0 Å². The summed E-state index contributed by atoms with van der Waals surface area (Å²) in [5.41, 5.74) is 2.41. The van der Waals surface area contributed by atoms with Gasteiger partial charge in [0.05, 0.1) is 10.5 Å². The van der Waals surface area contributed by atoms with Crippen LogP contribution in [-0.2, 0) is 25.0 Å². The molecule has 1 atom stereocenters. The first kappa shape index (κ1) is 24.6. The normalized spacial score (nSPS) is 13.0. The lowest BCUT2D eigenvalue weighted by Gasteiger charge is -2.19. The number of anilines is 1. The van der Waals surface area contributed by atoms with E-state index in [0.29, 0.717) is 16.8 Å². The highest BCUT2D eigenvalue weighted by molar-refractivity contribution is 7.89. The van der Waals surface area contributed by atoms with Crippen molar-refractivity contribution in [2.75, 3.05) is 19.4 Å². The largest absolute Gasteiger partial charge is 0.449 e. The Kier molecular flexibility index (Phi) is 7.28. The fourth-order valence-corrected chi connectivity index (χ4v) is 3.66. The smallest absolute Gasteiger partial charge is 0.338 e. The lowest BCUT2D eigenvalue weighted by molar-refractivity contribution is -0.123. The first-order chi connectivity index (χ1) is 14.2. The maximum Gasteiger partial charge on any atom is 0.338 e. The van der Waals surface area contributed by atoms with E-state index in [1.807, 2.05) is 12.1 Å². The van der Waals surface area contributed by atoms with Crippen LogP contribution in [0, 0.1) is 6.92 Å². The second-order valence-corrected chi connectivity index (χ2v) is 10.8. The molecule has 0 aliphatic carbocycles. The fraction of sp³-hybridized carbons (Fsp3) is 0.391. The number of ether oxygens (including phenoxy) is 1. The first-order valence-corrected chi connectivity index (χ1v) is 11.3. The van der Waals surface area contributed by atoms with Crippen molar-refractivity contribution in [1.82, 2.24) is 4.31 Å². The highest BCUT2D eigenvalue weighted by atomic mass is 32.2. The number of nitrogens with one attached hydrogen (secondary N) is 1. The number of rotatable bonds is 6. The Morgan fingerprint density at radius 3 is 2.13 bits per heavy atom. The molecule has 0 bridgehead atoms. The molecule has 0 spiro atoms. The Hall–Kier alpha value is -2.71. The summed E-state index contributed by atoms with van der Waals surface area (Å²) in [4.78, 5) is 25.0. The number of esters is 1. The zero-order valence-electron chi connectivity index (χ0n) is 19.0. The van der Waals surface area contributed by atoms with Gasteiger partial charge in [0.1, 0.15) is 0 Å². The van der Waals surface area contributed by atoms with Crippen molar-refractivity contribution in [2.45, 2.75) is 51.0 Å². The molecule has 0 heterocycles. The monoisotopic (exact) mass is 446 g/mol. The van der Waals surface area contributed by atoms with Gasteiger partial charge in [-0.25, -0.2) is 17.5 Å². The van der Waals surface area contributed by atoms with Gasteiger partial charge in [-0.2, -0.15) is 0 Å². The van der Waals surface area contributed by atoms with Gasteiger partial charge in [-0.1, -0.05) is 39.0 Å². The van der Waals surface area contributed by atoms with Crippen LogP contribution < -0.4 is 5.32 Å². The third-order valence-electron chi connectivity index (χ3n) is 4.89. The lowest BCUT2D eigenvalue weighted by Crippen LogP contribution is -2.30. The minimum atomic E-state index is -3.64. The molecule has 0 fully saturated rings. The van der Waals surface area contributed by atoms with Crippen molar-refractivity contribution in [3.05, 3.63) is 59.2 Å². The van der Waals surface area contributed by atoms with Crippen LogP contribution in [0.4, 0.5) is 5.69 Å². The summed E-state index contributed by atoms with van der Waals surface area (Å²) in [6.45, 7) is 9.44. The number of benzene rings is 2. The molecule has 0 saturated carbocycles. The quantitative estimate of drug-likeness (QED) is 0.683. The number of carbonyl (C=O) groups excluding carboxylic acids is 2. The highest BCUT2D eigenvalue weighted by Crippen LogP contribution is 2.24. The van der Waals surface area contributed by atoms with Crippen molar-refractivity contribution < 1.29 is 22.7 Å². The van der Waals surface area contributed by atoms with Crippen LogP contribution in [-0.4, -0.2) is 44.8 Å². The molecule has 0 aliphatic rings. The molecule has 8 heteroatoms. The molecule has 31 heavy (non-hydrogen) atoms. The molecule has 2 aromatic rings. The summed E-state index contributed by atoms with van der Waals surface area (Å²) in [5, 5.41) is 2.65. The van der Waals surface area contributed by atoms with Crippen molar-refractivity contribution >= 4 is 27.6 Å². The molecule has 1 unspecified atom stereocenters. The van der Waals surface area contributed by atoms with E-state index in [1.54, 1.807) is 25.1 Å². The van der Waals surface area contributed by atoms with Gasteiger partial charge >= 0.3 is 5.97 Å². The minimum absolute atomic E-state index is 0.0396. The maximum atomic E-state index is 12.6. The van der Waals surface area contributed by atoms with Crippen LogP contribution in [0.3, 0.4) is 0 Å². The molecule has 1 N–H and O–H groups in total. The molecular weight excluding hydrogens is 416 g/mol. The Bertz CT molecular complexity index is 1070. The molecule has 2 rings (SSSR count). The van der Waals surface area contributed by atoms with Gasteiger partial charge in [0.25, 0.3) is 5.91 Å². The summed E-state index contributed by atoms with van der Waals surface area (Å²) in [7, 11) is -0.778. The molecular formula is C23H30N2O5S. The zero-order chi connectivity index (χ0) is 23.6. The van der Waals surface area contributed by atoms with E-state index >= 15 is 0 Å². The van der Waals surface area contributed by atoms with Gasteiger partial charge in [0, 0.05) is 19.8 Å². The van der Waals surface area contributed by atoms with Crippen LogP contribution in [0.25, 0.3) is 0 Å². The fourth-order valence-electron chi connectivity index (χ4n) is 2.73. The number of hydrogen-bond donors (Lipinski definition) is 1. The number of nitrogens with zero attached hydrogens (tertiary/aromatic N) is 1. The van der Waals surface area contributed by atoms with Crippen LogP contribution in [0.5, 0.6) is 0 Å². The van der Waals surface area contributed by atoms with Gasteiger partial charge < -0.3 is 10.1 Å². The van der Waals surface area contributed by atoms with Crippen LogP contribution in [0.2, 0.25) is 0 Å². The predicted octanol–water partition coefficient (Wildman–Crippen LogP) is 3.73. The van der Waals surface area contributed by atoms with E-state index in [0.717, 1.165) is 9.87 Å². The summed E-state index contributed by atoms with van der Waals surface area (Å²) in [6.07, 6.45) is -1.07. The number of sulfonamides is 1. The zero-order valence-corrected chi connectivity index (χ0v) is 19.8. The van der Waals surface area contributed by atoms with Gasteiger partial charge in [-0.15, -0.1) is 0 Å². The SMILES string of the molecule is Cc1ccc(S(=O)(=O)N(C)C)cc1NC(=O)C(C)OC(=O)c1ccc(C(C)(C)C)cc1. The second-order valence-electron chi connectivity index (χ2n) is 8.63. The van der Waals surface area contributed by atoms with Gasteiger partial charge in [0.15, 0.2) is 6.10 Å². The standard InChI is InChI=1S/C23H30N2O5S/c1-15-8-13-19(31(28,29)25(6)7)14-20(15)24-21(26)16(2)30-22(27)17-9-11-18(12-10-17)23(3,4)5/h8-14,16H,1-7H3,(H,24,26). The van der Waals surface area contributed by atoms with Crippen LogP contribution >= 0.6 is 0 Å². The Balaban J connectivity index is 2.11. The average molecular weight is 447 g/mol. The Morgan fingerprint density at radius 2 is 1.61 bits per heavy atom. The first-order valence-electron chi connectivity index (χ1n) is 9.89. The van der Waals surface area contributed by atoms with E-state index in [1.165, 1.54) is 33.2 Å². The third kappa shape index (κ3) is 5.92. The maximum absolute atomic E-state index is 12.6. The number of aryl methyl sites for hydroxylation is 1. The molecule has 7 nitrogen and oxygen atoms in total. The molecule has 168 valence electrons. The van der Waals surface area contributed by atoms with Gasteiger partial charge in [-0.05, 0) is 54.7 Å². The van der Waals surface area contributed by atoms with Crippen molar-refractivity contribution in [1.29, 1.82) is 0 Å². The van der Waals surface area contributed by atoms with Crippen molar-refractivity contribution in [3.8, 4) is 0 Å². The van der Waals surface area contributed by atoms with Crippen LogP contribution in [0.15, 0.2) is 47.4 Å². The van der Waals surface area contributed by atoms with Crippen molar-refractivity contribution in [3.63, 3.8) is 0 Å². The van der Waals surface area contributed by atoms with Gasteiger partial charge in [0.2, 0.25) is 10.0 Å². The van der Waals surface area contributed by atoms with Crippen LogP contribution in [0.1, 0.15) is 49.2 Å².